The quantitative estimate of drug-likeness (QED) is 0.501. The highest BCUT2D eigenvalue weighted by atomic mass is 19.4. The zero-order chi connectivity index (χ0) is 20.2. The average Bonchev–Trinajstić information content (AvgIpc) is 2.59. The van der Waals surface area contributed by atoms with Gasteiger partial charge in [0.2, 0.25) is 0 Å². The molecule has 0 unspecified atom stereocenters. The highest BCUT2D eigenvalue weighted by Gasteiger charge is 2.31. The number of aromatic carboxylic acids is 1. The summed E-state index contributed by atoms with van der Waals surface area (Å²) >= 11 is 0. The second-order valence-corrected chi connectivity index (χ2v) is 4.84. The Kier molecular flexibility index (Phi) is 11.6. The molecule has 0 aromatic heterocycles. The number of halogens is 3. The number of ether oxygens (including phenoxy) is 4. The maximum absolute atomic E-state index is 12.4. The zero-order valence-electron chi connectivity index (χ0n) is 15.1. The predicted octanol–water partition coefficient (Wildman–Crippen LogP) is 2.71. The van der Waals surface area contributed by atoms with Crippen molar-refractivity contribution in [2.45, 2.75) is 12.5 Å². The van der Waals surface area contributed by atoms with Crippen molar-refractivity contribution in [2.75, 3.05) is 53.5 Å². The Balaban J connectivity index is 0.000000660. The molecule has 0 bridgehead atoms. The third kappa shape index (κ3) is 8.99. The van der Waals surface area contributed by atoms with Crippen LogP contribution in [0.1, 0.15) is 15.9 Å². The van der Waals surface area contributed by atoms with E-state index in [1.165, 1.54) is 7.11 Å². The van der Waals surface area contributed by atoms with E-state index in [0.29, 0.717) is 25.8 Å². The van der Waals surface area contributed by atoms with Crippen molar-refractivity contribution in [1.82, 2.24) is 0 Å². The molecule has 1 aromatic rings. The van der Waals surface area contributed by atoms with Gasteiger partial charge in [-0.05, 0) is 18.2 Å². The summed E-state index contributed by atoms with van der Waals surface area (Å²) in [5.74, 6) is -1.42. The lowest BCUT2D eigenvalue weighted by molar-refractivity contribution is -0.137. The van der Waals surface area contributed by atoms with Gasteiger partial charge >= 0.3 is 12.1 Å². The van der Waals surface area contributed by atoms with Crippen LogP contribution >= 0.6 is 0 Å². The van der Waals surface area contributed by atoms with Crippen LogP contribution in [0.4, 0.5) is 18.9 Å². The van der Waals surface area contributed by atoms with Gasteiger partial charge in [0.25, 0.3) is 0 Å². The Morgan fingerprint density at radius 1 is 1.15 bits per heavy atom. The van der Waals surface area contributed by atoms with Crippen LogP contribution in [0.2, 0.25) is 0 Å². The smallest absolute Gasteiger partial charge is 0.416 e. The molecule has 0 aliphatic carbocycles. The first-order chi connectivity index (χ1) is 12.2. The molecule has 10 heteroatoms. The van der Waals surface area contributed by atoms with Crippen LogP contribution in [0.3, 0.4) is 0 Å². The highest BCUT2D eigenvalue weighted by Crippen LogP contribution is 2.31. The van der Waals surface area contributed by atoms with Crippen LogP contribution in [0.5, 0.6) is 0 Å². The summed E-state index contributed by atoms with van der Waals surface area (Å²) in [7, 11) is 6.22. The molecule has 1 aromatic carbocycles. The Morgan fingerprint density at radius 2 is 1.77 bits per heavy atom. The van der Waals surface area contributed by atoms with E-state index in [2.05, 4.69) is 5.32 Å². The molecule has 1 rings (SSSR count). The van der Waals surface area contributed by atoms with Crippen LogP contribution < -0.4 is 5.32 Å². The van der Waals surface area contributed by atoms with Crippen molar-refractivity contribution in [1.29, 1.82) is 0 Å². The number of carboxylic acids is 1. The molecule has 2 N–H and O–H groups in total. The van der Waals surface area contributed by atoms with Gasteiger partial charge in [-0.3, -0.25) is 0 Å². The molecule has 150 valence electrons. The fraction of sp³-hybridized carbons (Fsp3) is 0.562. The molecule has 0 saturated heterocycles. The van der Waals surface area contributed by atoms with E-state index in [9.17, 15) is 18.0 Å². The molecule has 26 heavy (non-hydrogen) atoms. The van der Waals surface area contributed by atoms with Gasteiger partial charge in [0, 0.05) is 40.7 Å². The molecule has 7 nitrogen and oxygen atoms in total. The van der Waals surface area contributed by atoms with E-state index in [1.54, 1.807) is 21.3 Å². The minimum Gasteiger partial charge on any atom is -0.478 e. The Labute approximate surface area is 150 Å². The zero-order valence-corrected chi connectivity index (χ0v) is 15.1. The summed E-state index contributed by atoms with van der Waals surface area (Å²) in [5, 5.41) is 11.6. The molecular formula is C16H24F3NO6. The minimum absolute atomic E-state index is 0.132. The fourth-order valence-corrected chi connectivity index (χ4v) is 1.71. The Morgan fingerprint density at radius 3 is 2.15 bits per heavy atom. The molecule has 0 heterocycles. The van der Waals surface area contributed by atoms with Gasteiger partial charge < -0.3 is 29.4 Å². The predicted molar refractivity (Wildman–Crippen MR) is 88.5 cm³/mol. The molecule has 0 aliphatic heterocycles. The first kappa shape index (κ1) is 24.1. The average molecular weight is 383 g/mol. The fourth-order valence-electron chi connectivity index (χ4n) is 1.71. The lowest BCUT2D eigenvalue weighted by Crippen LogP contribution is -2.18. The van der Waals surface area contributed by atoms with Gasteiger partial charge in [0.1, 0.15) is 0 Å². The molecule has 0 radical (unpaired) electrons. The molecule has 0 saturated carbocycles. The summed E-state index contributed by atoms with van der Waals surface area (Å²) in [6.45, 7) is 1.11. The minimum atomic E-state index is -4.56. The van der Waals surface area contributed by atoms with E-state index in [1.807, 2.05) is 0 Å². The number of carbonyl (C=O) groups is 1. The van der Waals surface area contributed by atoms with E-state index < -0.39 is 23.3 Å². The van der Waals surface area contributed by atoms with E-state index in [-0.39, 0.29) is 12.0 Å². The lowest BCUT2D eigenvalue weighted by Gasteiger charge is -2.12. The number of nitrogens with one attached hydrogen (secondary N) is 1. The second-order valence-electron chi connectivity index (χ2n) is 4.84. The largest absolute Gasteiger partial charge is 0.478 e. The van der Waals surface area contributed by atoms with Crippen molar-refractivity contribution >= 4 is 11.7 Å². The molecule has 0 amide bonds. The van der Waals surface area contributed by atoms with Crippen molar-refractivity contribution < 1.29 is 42.0 Å². The first-order valence-corrected chi connectivity index (χ1v) is 7.43. The molecule has 0 atom stereocenters. The SMILES string of the molecule is COCC(OC)OC.COCCNc1ccc(C(F)(F)F)cc1C(=O)O. The Hall–Kier alpha value is -1.88. The molecule has 0 spiro atoms. The number of hydrogen-bond acceptors (Lipinski definition) is 6. The van der Waals surface area contributed by atoms with Gasteiger partial charge in [-0.1, -0.05) is 0 Å². The van der Waals surface area contributed by atoms with Crippen LogP contribution in [0.25, 0.3) is 0 Å². The van der Waals surface area contributed by atoms with Gasteiger partial charge in [-0.15, -0.1) is 0 Å². The second kappa shape index (κ2) is 12.5. The van der Waals surface area contributed by atoms with Gasteiger partial charge in [-0.25, -0.2) is 4.79 Å². The third-order valence-electron chi connectivity index (χ3n) is 3.03. The normalized spacial score (nSPS) is 11.1. The lowest BCUT2D eigenvalue weighted by atomic mass is 10.1. The van der Waals surface area contributed by atoms with Crippen LogP contribution in [-0.4, -0.2) is 65.6 Å². The van der Waals surface area contributed by atoms with E-state index in [4.69, 9.17) is 24.1 Å². The summed E-state index contributed by atoms with van der Waals surface area (Å²) < 4.78 is 56.4. The van der Waals surface area contributed by atoms with Crippen molar-refractivity contribution in [2.24, 2.45) is 0 Å². The number of anilines is 1. The summed E-state index contributed by atoms with van der Waals surface area (Å²) in [4.78, 5) is 10.9. The maximum Gasteiger partial charge on any atom is 0.416 e. The summed E-state index contributed by atoms with van der Waals surface area (Å²) in [6, 6.07) is 2.54. The molecular weight excluding hydrogens is 359 g/mol. The number of alkyl halides is 3. The molecule has 0 fully saturated rings. The number of rotatable bonds is 9. The van der Waals surface area contributed by atoms with Crippen LogP contribution in [-0.2, 0) is 25.1 Å². The highest BCUT2D eigenvalue weighted by molar-refractivity contribution is 5.94. The summed E-state index contributed by atoms with van der Waals surface area (Å²) in [5.41, 5.74) is -1.27. The van der Waals surface area contributed by atoms with Gasteiger partial charge in [-0.2, -0.15) is 13.2 Å². The first-order valence-electron chi connectivity index (χ1n) is 7.43. The van der Waals surface area contributed by atoms with Crippen molar-refractivity contribution in [3.63, 3.8) is 0 Å². The Bertz CT molecular complexity index is 535. The van der Waals surface area contributed by atoms with Crippen LogP contribution in [0.15, 0.2) is 18.2 Å². The topological polar surface area (TPSA) is 86.3 Å². The number of hydrogen-bond donors (Lipinski definition) is 2. The standard InChI is InChI=1S/C11H12F3NO3.C5H12O3/c1-18-5-4-15-9-3-2-7(11(12,13)14)6-8(9)10(16)17;1-6-4-5(7-2)8-3/h2-3,6,15H,4-5H2,1H3,(H,16,17);5H,4H2,1-3H3. The van der Waals surface area contributed by atoms with E-state index >= 15 is 0 Å². The van der Waals surface area contributed by atoms with Gasteiger partial charge in [0.15, 0.2) is 6.29 Å². The van der Waals surface area contributed by atoms with Crippen molar-refractivity contribution in [3.8, 4) is 0 Å². The maximum atomic E-state index is 12.4. The summed E-state index contributed by atoms with van der Waals surface area (Å²) in [6.07, 6.45) is -4.78. The number of benzene rings is 1. The van der Waals surface area contributed by atoms with E-state index in [0.717, 1.165) is 12.1 Å². The third-order valence-corrected chi connectivity index (χ3v) is 3.03. The van der Waals surface area contributed by atoms with Gasteiger partial charge in [0.05, 0.1) is 24.3 Å². The van der Waals surface area contributed by atoms with Crippen molar-refractivity contribution in [3.05, 3.63) is 29.3 Å². The van der Waals surface area contributed by atoms with Crippen LogP contribution in [0, 0.1) is 0 Å². The number of carboxylic acid groups (broad SMARTS) is 1. The molecule has 0 aliphatic rings. The monoisotopic (exact) mass is 383 g/mol. The number of methoxy groups -OCH3 is 4.